The summed E-state index contributed by atoms with van der Waals surface area (Å²) >= 11 is 0. The van der Waals surface area contributed by atoms with Crippen LogP contribution in [-0.4, -0.2) is 12.5 Å². The number of nitrogen functional groups attached to an aromatic ring is 1. The first kappa shape index (κ1) is 12.1. The van der Waals surface area contributed by atoms with Gasteiger partial charge in [0.25, 0.3) is 0 Å². The third kappa shape index (κ3) is 3.08. The lowest BCUT2D eigenvalue weighted by atomic mass is 10.1. The van der Waals surface area contributed by atoms with E-state index in [0.29, 0.717) is 24.5 Å². The van der Waals surface area contributed by atoms with Gasteiger partial charge in [-0.25, -0.2) is 8.78 Å². The van der Waals surface area contributed by atoms with Crippen LogP contribution in [0.1, 0.15) is 24.8 Å². The molecule has 1 aliphatic carbocycles. The number of ether oxygens (including phenoxy) is 1. The molecule has 2 nitrogen and oxygen atoms in total. The fourth-order valence-electron chi connectivity index (χ4n) is 2.11. The Labute approximate surface area is 99.8 Å². The second kappa shape index (κ2) is 4.51. The minimum Gasteiger partial charge on any atom is -0.493 e. The first-order valence-corrected chi connectivity index (χ1v) is 5.83. The van der Waals surface area contributed by atoms with Gasteiger partial charge in [0, 0.05) is 24.6 Å². The molecular formula is C13H17F2NO. The van der Waals surface area contributed by atoms with Crippen molar-refractivity contribution in [3.8, 4) is 5.75 Å². The lowest BCUT2D eigenvalue weighted by molar-refractivity contribution is 0.00292. The molecule has 2 rings (SSSR count). The van der Waals surface area contributed by atoms with Gasteiger partial charge in [-0.05, 0) is 30.9 Å². The van der Waals surface area contributed by atoms with E-state index in [1.54, 1.807) is 6.07 Å². The number of hydrogen-bond acceptors (Lipinski definition) is 2. The molecule has 0 radical (unpaired) electrons. The molecule has 0 saturated heterocycles. The van der Waals surface area contributed by atoms with Crippen molar-refractivity contribution in [1.29, 1.82) is 0 Å². The summed E-state index contributed by atoms with van der Waals surface area (Å²) in [7, 11) is 0. The van der Waals surface area contributed by atoms with E-state index in [-0.39, 0.29) is 18.8 Å². The summed E-state index contributed by atoms with van der Waals surface area (Å²) < 4.78 is 31.4. The van der Waals surface area contributed by atoms with Crippen molar-refractivity contribution in [3.63, 3.8) is 0 Å². The van der Waals surface area contributed by atoms with Gasteiger partial charge < -0.3 is 10.5 Å². The molecule has 0 amide bonds. The van der Waals surface area contributed by atoms with Gasteiger partial charge in [0.1, 0.15) is 5.75 Å². The Balaban J connectivity index is 1.88. The zero-order valence-electron chi connectivity index (χ0n) is 9.88. The maximum atomic E-state index is 13.0. The van der Waals surface area contributed by atoms with E-state index in [0.717, 1.165) is 5.56 Å². The second-order valence-electron chi connectivity index (χ2n) is 4.79. The SMILES string of the molecule is Cc1ccc(OCC2CCC(F)(F)C2)cc1N. The Morgan fingerprint density at radius 1 is 1.47 bits per heavy atom. The van der Waals surface area contributed by atoms with Gasteiger partial charge in [-0.2, -0.15) is 0 Å². The van der Waals surface area contributed by atoms with Crippen LogP contribution in [0, 0.1) is 12.8 Å². The summed E-state index contributed by atoms with van der Waals surface area (Å²) in [6, 6.07) is 5.43. The molecule has 0 heterocycles. The van der Waals surface area contributed by atoms with Crippen LogP contribution < -0.4 is 10.5 Å². The number of alkyl halides is 2. The predicted molar refractivity (Wildman–Crippen MR) is 63.4 cm³/mol. The third-order valence-electron chi connectivity index (χ3n) is 3.24. The van der Waals surface area contributed by atoms with Gasteiger partial charge in [0.15, 0.2) is 0 Å². The highest BCUT2D eigenvalue weighted by molar-refractivity contribution is 5.50. The van der Waals surface area contributed by atoms with Crippen molar-refractivity contribution in [2.45, 2.75) is 32.1 Å². The number of aryl methyl sites for hydroxylation is 1. The minimum atomic E-state index is -2.50. The largest absolute Gasteiger partial charge is 0.493 e. The smallest absolute Gasteiger partial charge is 0.248 e. The van der Waals surface area contributed by atoms with Crippen LogP contribution in [0.3, 0.4) is 0 Å². The molecule has 1 aromatic carbocycles. The summed E-state index contributed by atoms with van der Waals surface area (Å²) in [5.74, 6) is -1.89. The zero-order chi connectivity index (χ0) is 12.5. The first-order chi connectivity index (χ1) is 7.96. The van der Waals surface area contributed by atoms with Crippen LogP contribution in [-0.2, 0) is 0 Å². The van der Waals surface area contributed by atoms with E-state index in [1.165, 1.54) is 0 Å². The normalized spacial score (nSPS) is 22.6. The number of halogens is 2. The number of nitrogens with two attached hydrogens (primary N) is 1. The zero-order valence-corrected chi connectivity index (χ0v) is 9.88. The predicted octanol–water partition coefficient (Wildman–Crippen LogP) is 3.39. The molecule has 94 valence electrons. The Morgan fingerprint density at radius 3 is 2.82 bits per heavy atom. The van der Waals surface area contributed by atoms with Crippen molar-refractivity contribution in [2.75, 3.05) is 12.3 Å². The van der Waals surface area contributed by atoms with Crippen LogP contribution in [0.2, 0.25) is 0 Å². The van der Waals surface area contributed by atoms with E-state index < -0.39 is 5.92 Å². The fourth-order valence-corrected chi connectivity index (χ4v) is 2.11. The number of anilines is 1. The van der Waals surface area contributed by atoms with Gasteiger partial charge in [0.2, 0.25) is 5.92 Å². The van der Waals surface area contributed by atoms with Gasteiger partial charge in [-0.3, -0.25) is 0 Å². The standard InChI is InChI=1S/C13H17F2NO/c1-9-2-3-11(6-12(9)16)17-8-10-4-5-13(14,15)7-10/h2-3,6,10H,4-5,7-8,16H2,1H3. The monoisotopic (exact) mass is 241 g/mol. The maximum absolute atomic E-state index is 13.0. The molecule has 0 aliphatic heterocycles. The van der Waals surface area contributed by atoms with Crippen LogP contribution in [0.5, 0.6) is 5.75 Å². The van der Waals surface area contributed by atoms with E-state index in [9.17, 15) is 8.78 Å². The minimum absolute atomic E-state index is 0.0168. The van der Waals surface area contributed by atoms with E-state index >= 15 is 0 Å². The van der Waals surface area contributed by atoms with Crippen molar-refractivity contribution >= 4 is 5.69 Å². The van der Waals surface area contributed by atoms with Crippen LogP contribution >= 0.6 is 0 Å². The molecule has 0 bridgehead atoms. The molecule has 4 heteroatoms. The molecule has 0 aromatic heterocycles. The highest BCUT2D eigenvalue weighted by Crippen LogP contribution is 2.39. The summed E-state index contributed by atoms with van der Waals surface area (Å²) in [4.78, 5) is 0. The topological polar surface area (TPSA) is 35.2 Å². The highest BCUT2D eigenvalue weighted by Gasteiger charge is 2.39. The Bertz CT molecular complexity index is 406. The lowest BCUT2D eigenvalue weighted by Crippen LogP contribution is -2.13. The van der Waals surface area contributed by atoms with Gasteiger partial charge in [0.05, 0.1) is 6.61 Å². The Hall–Kier alpha value is -1.32. The van der Waals surface area contributed by atoms with Crippen molar-refractivity contribution in [2.24, 2.45) is 5.92 Å². The maximum Gasteiger partial charge on any atom is 0.248 e. The summed E-state index contributed by atoms with van der Waals surface area (Å²) in [6.07, 6.45) is 0.458. The summed E-state index contributed by atoms with van der Waals surface area (Å²) in [5.41, 5.74) is 7.40. The molecular weight excluding hydrogens is 224 g/mol. The molecule has 1 aromatic rings. The Morgan fingerprint density at radius 2 is 2.24 bits per heavy atom. The lowest BCUT2D eigenvalue weighted by Gasteiger charge is -2.13. The summed E-state index contributed by atoms with van der Waals surface area (Å²) in [6.45, 7) is 2.26. The van der Waals surface area contributed by atoms with E-state index in [1.807, 2.05) is 19.1 Å². The van der Waals surface area contributed by atoms with Crippen LogP contribution in [0.4, 0.5) is 14.5 Å². The van der Waals surface area contributed by atoms with Crippen molar-refractivity contribution < 1.29 is 13.5 Å². The molecule has 17 heavy (non-hydrogen) atoms. The highest BCUT2D eigenvalue weighted by atomic mass is 19.3. The molecule has 1 fully saturated rings. The van der Waals surface area contributed by atoms with Gasteiger partial charge >= 0.3 is 0 Å². The average Bonchev–Trinajstić information content (AvgIpc) is 2.60. The Kier molecular flexibility index (Phi) is 3.22. The third-order valence-corrected chi connectivity index (χ3v) is 3.24. The van der Waals surface area contributed by atoms with Crippen molar-refractivity contribution in [1.82, 2.24) is 0 Å². The first-order valence-electron chi connectivity index (χ1n) is 5.83. The van der Waals surface area contributed by atoms with E-state index in [4.69, 9.17) is 10.5 Å². The second-order valence-corrected chi connectivity index (χ2v) is 4.79. The fraction of sp³-hybridized carbons (Fsp3) is 0.538. The quantitative estimate of drug-likeness (QED) is 0.823. The summed E-state index contributed by atoms with van der Waals surface area (Å²) in [5, 5.41) is 0. The number of benzene rings is 1. The number of hydrogen-bond donors (Lipinski definition) is 1. The molecule has 1 aliphatic rings. The average molecular weight is 241 g/mol. The van der Waals surface area contributed by atoms with Crippen molar-refractivity contribution in [3.05, 3.63) is 23.8 Å². The molecule has 1 unspecified atom stereocenters. The van der Waals surface area contributed by atoms with Gasteiger partial charge in [-0.1, -0.05) is 6.07 Å². The van der Waals surface area contributed by atoms with Gasteiger partial charge in [-0.15, -0.1) is 0 Å². The number of rotatable bonds is 3. The van der Waals surface area contributed by atoms with E-state index in [2.05, 4.69) is 0 Å². The molecule has 1 saturated carbocycles. The molecule has 0 spiro atoms. The van der Waals surface area contributed by atoms with Crippen LogP contribution in [0.15, 0.2) is 18.2 Å². The van der Waals surface area contributed by atoms with Crippen LogP contribution in [0.25, 0.3) is 0 Å². The molecule has 1 atom stereocenters. The molecule has 2 N–H and O–H groups in total.